The monoisotopic (exact) mass is 613 g/mol. The topological polar surface area (TPSA) is 112 Å². The Labute approximate surface area is 295 Å². The van der Waals surface area contributed by atoms with Crippen LogP contribution in [-0.4, -0.2) is 109 Å². The van der Waals surface area contributed by atoms with E-state index in [-0.39, 0.29) is 64.4 Å². The van der Waals surface area contributed by atoms with E-state index in [4.69, 9.17) is 9.47 Å². The van der Waals surface area contributed by atoms with Crippen molar-refractivity contribution in [1.29, 1.82) is 0 Å². The van der Waals surface area contributed by atoms with Crippen molar-refractivity contribution >= 4 is 92.0 Å². The van der Waals surface area contributed by atoms with Gasteiger partial charge in [0.05, 0.1) is 18.7 Å². The number of ether oxygens (including phenoxy) is 2. The van der Waals surface area contributed by atoms with E-state index in [1.54, 1.807) is 42.5 Å². The van der Waals surface area contributed by atoms with Gasteiger partial charge in [0, 0.05) is 49.9 Å². The molecule has 1 aliphatic rings. The number of rotatable bonds is 12. The van der Waals surface area contributed by atoms with Gasteiger partial charge in [-0.2, -0.15) is 0 Å². The third kappa shape index (κ3) is 8.45. The van der Waals surface area contributed by atoms with Crippen LogP contribution < -0.4 is 25.8 Å². The molecule has 1 heterocycles. The number of carbonyl (C=O) groups is 3. The molecule has 0 radical (unpaired) electrons. The third-order valence-electron chi connectivity index (χ3n) is 7.03. The Kier molecular flexibility index (Phi) is 12.8. The van der Waals surface area contributed by atoms with Crippen molar-refractivity contribution in [1.82, 2.24) is 5.32 Å². The molecule has 1 aliphatic heterocycles. The second-order valence-corrected chi connectivity index (χ2v) is 10.3. The van der Waals surface area contributed by atoms with Crippen LogP contribution in [0.3, 0.4) is 0 Å². The summed E-state index contributed by atoms with van der Waals surface area (Å²) >= 11 is 0. The van der Waals surface area contributed by atoms with Crippen LogP contribution in [0.15, 0.2) is 72.8 Å². The van der Waals surface area contributed by atoms with Gasteiger partial charge in [-0.1, -0.05) is 35.9 Å². The number of hydrogen-bond acceptors (Lipinski definition) is 6. The first-order chi connectivity index (χ1) is 20.2. The molecule has 0 saturated heterocycles. The van der Waals surface area contributed by atoms with Gasteiger partial charge < -0.3 is 35.2 Å². The van der Waals surface area contributed by atoms with E-state index in [1.165, 1.54) is 4.90 Å². The van der Waals surface area contributed by atoms with Gasteiger partial charge in [0.1, 0.15) is 0 Å². The molecule has 4 amide bonds. The van der Waals surface area contributed by atoms with Crippen LogP contribution in [0.25, 0.3) is 0 Å². The van der Waals surface area contributed by atoms with Gasteiger partial charge in [0.2, 0.25) is 5.91 Å². The SMILES string of the molecule is CCOC(CN1C(=O)C(CC(=O)Nc2ccc(N(C)C)cc2)(NC(=O)Nc2ccc(C)cc2)c2ccccc21)OCC.[KH]. The predicted octanol–water partition coefficient (Wildman–Crippen LogP) is 4.20. The Morgan fingerprint density at radius 1 is 0.884 bits per heavy atom. The summed E-state index contributed by atoms with van der Waals surface area (Å²) in [4.78, 5) is 44.8. The Bertz CT molecular complexity index is 1390. The predicted molar refractivity (Wildman–Crippen MR) is 172 cm³/mol. The molecule has 0 fully saturated rings. The van der Waals surface area contributed by atoms with Crippen LogP contribution in [0.1, 0.15) is 31.4 Å². The first kappa shape index (κ1) is 34.7. The maximum atomic E-state index is 14.4. The van der Waals surface area contributed by atoms with Crippen molar-refractivity contribution in [3.63, 3.8) is 0 Å². The summed E-state index contributed by atoms with van der Waals surface area (Å²) in [7, 11) is 3.86. The summed E-state index contributed by atoms with van der Waals surface area (Å²) < 4.78 is 11.5. The van der Waals surface area contributed by atoms with Crippen molar-refractivity contribution in [3.8, 4) is 0 Å². The van der Waals surface area contributed by atoms with Crippen molar-refractivity contribution in [2.75, 3.05) is 54.3 Å². The second-order valence-electron chi connectivity index (χ2n) is 10.3. The normalized spacial score (nSPS) is 15.5. The van der Waals surface area contributed by atoms with Gasteiger partial charge in [0.25, 0.3) is 5.91 Å². The minimum atomic E-state index is -1.68. The van der Waals surface area contributed by atoms with Crippen molar-refractivity contribution in [3.05, 3.63) is 83.9 Å². The zero-order valence-electron chi connectivity index (χ0n) is 24.8. The Balaban J connectivity index is 0.00000506. The molecule has 0 bridgehead atoms. The average Bonchev–Trinajstić information content (AvgIpc) is 3.17. The number of fused-ring (bicyclic) bond motifs is 1. The number of aryl methyl sites for hydroxylation is 1. The molecular formula is C32H40KN5O5. The molecule has 0 aliphatic carbocycles. The van der Waals surface area contributed by atoms with Crippen LogP contribution >= 0.6 is 0 Å². The van der Waals surface area contributed by atoms with E-state index < -0.39 is 29.7 Å². The molecule has 10 nitrogen and oxygen atoms in total. The quantitative estimate of drug-likeness (QED) is 0.209. The van der Waals surface area contributed by atoms with Gasteiger partial charge in [-0.25, -0.2) is 4.79 Å². The summed E-state index contributed by atoms with van der Waals surface area (Å²) in [6.07, 6.45) is -1.01. The number of carbonyl (C=O) groups excluding carboxylic acids is 3. The Morgan fingerprint density at radius 3 is 2.07 bits per heavy atom. The van der Waals surface area contributed by atoms with Gasteiger partial charge in [0.15, 0.2) is 11.8 Å². The van der Waals surface area contributed by atoms with Crippen LogP contribution in [0.4, 0.5) is 27.5 Å². The molecule has 3 aromatic rings. The van der Waals surface area contributed by atoms with Crippen molar-refractivity contribution in [2.45, 2.75) is 39.0 Å². The summed E-state index contributed by atoms with van der Waals surface area (Å²) in [6, 6.07) is 21.2. The molecule has 1 atom stereocenters. The molecular weight excluding hydrogens is 573 g/mol. The van der Waals surface area contributed by atoms with Gasteiger partial charge in [-0.05, 0) is 63.2 Å². The first-order valence-corrected chi connectivity index (χ1v) is 14.0. The second kappa shape index (κ2) is 15.8. The van der Waals surface area contributed by atoms with Crippen LogP contribution in [0.2, 0.25) is 0 Å². The summed E-state index contributed by atoms with van der Waals surface area (Å²) in [5.74, 6) is -0.885. The first-order valence-electron chi connectivity index (χ1n) is 14.0. The molecule has 43 heavy (non-hydrogen) atoms. The number of nitrogens with zero attached hydrogens (tertiary/aromatic N) is 2. The molecule has 11 heteroatoms. The minimum absolute atomic E-state index is 0. The molecule has 0 saturated carbocycles. The number of nitrogens with one attached hydrogen (secondary N) is 3. The van der Waals surface area contributed by atoms with Crippen LogP contribution in [0.5, 0.6) is 0 Å². The fourth-order valence-electron chi connectivity index (χ4n) is 5.00. The Morgan fingerprint density at radius 2 is 1.47 bits per heavy atom. The number of hydrogen-bond donors (Lipinski definition) is 3. The molecule has 224 valence electrons. The van der Waals surface area contributed by atoms with E-state index in [0.717, 1.165) is 11.3 Å². The zero-order valence-corrected chi connectivity index (χ0v) is 24.8. The van der Waals surface area contributed by atoms with Crippen molar-refractivity contribution < 1.29 is 23.9 Å². The fraction of sp³-hybridized carbons (Fsp3) is 0.344. The molecule has 3 N–H and O–H groups in total. The van der Waals surface area contributed by atoms with E-state index in [2.05, 4.69) is 16.0 Å². The van der Waals surface area contributed by atoms with Gasteiger partial charge >= 0.3 is 57.4 Å². The molecule has 0 aromatic heterocycles. The number of anilines is 4. The van der Waals surface area contributed by atoms with Crippen LogP contribution in [-0.2, 0) is 24.6 Å². The number of benzene rings is 3. The number of para-hydroxylation sites is 1. The van der Waals surface area contributed by atoms with E-state index in [0.29, 0.717) is 35.8 Å². The summed E-state index contributed by atoms with van der Waals surface area (Å²) in [5.41, 5.74) is 2.57. The van der Waals surface area contributed by atoms with Gasteiger partial charge in [-0.15, -0.1) is 0 Å². The summed E-state index contributed by atoms with van der Waals surface area (Å²) in [5, 5.41) is 8.57. The van der Waals surface area contributed by atoms with E-state index in [1.807, 2.05) is 70.1 Å². The molecule has 4 rings (SSSR count). The zero-order chi connectivity index (χ0) is 30.3. The van der Waals surface area contributed by atoms with Gasteiger partial charge in [-0.3, -0.25) is 9.59 Å². The van der Waals surface area contributed by atoms with Crippen molar-refractivity contribution in [2.24, 2.45) is 0 Å². The third-order valence-corrected chi connectivity index (χ3v) is 7.03. The standard InChI is InChI=1S/C32H39N5O5.K.H/c1-6-41-29(42-7-2)21-37-27-11-9-8-10-26(27)32(30(37)39,35-31(40)34-24-14-12-22(3)13-15-24)20-28(38)33-23-16-18-25(19-17-23)36(4)5;;/h8-19,29H,6-7,20-21H2,1-5H3,(H,33,38)(H2,34,35,40);;. The van der Waals surface area contributed by atoms with Crippen LogP contribution in [0, 0.1) is 6.92 Å². The Hall–Kier alpha value is -2.77. The fourth-order valence-corrected chi connectivity index (χ4v) is 5.00. The molecule has 0 spiro atoms. The summed E-state index contributed by atoms with van der Waals surface area (Å²) in [6.45, 7) is 6.53. The molecule has 1 unspecified atom stereocenters. The van der Waals surface area contributed by atoms with E-state index in [9.17, 15) is 14.4 Å². The number of urea groups is 1. The average molecular weight is 614 g/mol. The maximum absolute atomic E-state index is 14.4. The van der Waals surface area contributed by atoms with E-state index >= 15 is 0 Å². The number of amides is 4. The molecule has 3 aromatic carbocycles.